The molecule has 0 aliphatic carbocycles. The van der Waals surface area contributed by atoms with Crippen molar-refractivity contribution in [3.63, 3.8) is 0 Å². The normalized spacial score (nSPS) is 10.8. The Morgan fingerprint density at radius 1 is 1.39 bits per heavy atom. The highest BCUT2D eigenvalue weighted by Crippen LogP contribution is 2.02. The summed E-state index contributed by atoms with van der Waals surface area (Å²) >= 11 is 0. The van der Waals surface area contributed by atoms with Crippen LogP contribution in [0, 0.1) is 0 Å². The summed E-state index contributed by atoms with van der Waals surface area (Å²) in [5, 5.41) is 3.36. The standard InChI is InChI=1S/C15H24N2O/c1-4-5-6-10-18-12-15-9-7-8-14(17-15)11-16-13(2)3/h4,7-9,13,16H,1,5-6,10-12H2,2-3H3. The first kappa shape index (κ1) is 14.9. The number of pyridine rings is 1. The smallest absolute Gasteiger partial charge is 0.0887 e. The maximum absolute atomic E-state index is 5.57. The van der Waals surface area contributed by atoms with Crippen LogP contribution >= 0.6 is 0 Å². The summed E-state index contributed by atoms with van der Waals surface area (Å²) in [6, 6.07) is 6.56. The Bertz CT molecular complexity index is 350. The van der Waals surface area contributed by atoms with Crippen LogP contribution in [0.1, 0.15) is 38.1 Å². The molecule has 3 nitrogen and oxygen atoms in total. The van der Waals surface area contributed by atoms with Crippen LogP contribution in [0.5, 0.6) is 0 Å². The highest BCUT2D eigenvalue weighted by molar-refractivity contribution is 5.10. The molecule has 1 aromatic heterocycles. The zero-order chi connectivity index (χ0) is 13.2. The molecule has 0 spiro atoms. The Kier molecular flexibility index (Phi) is 7.30. The van der Waals surface area contributed by atoms with E-state index in [0.29, 0.717) is 12.6 Å². The van der Waals surface area contributed by atoms with Gasteiger partial charge in [-0.05, 0) is 25.0 Å². The van der Waals surface area contributed by atoms with E-state index >= 15 is 0 Å². The Labute approximate surface area is 110 Å². The molecule has 0 saturated heterocycles. The lowest BCUT2D eigenvalue weighted by atomic mass is 10.3. The van der Waals surface area contributed by atoms with Crippen LogP contribution in [0.3, 0.4) is 0 Å². The van der Waals surface area contributed by atoms with E-state index in [-0.39, 0.29) is 0 Å². The molecule has 0 aliphatic heterocycles. The minimum absolute atomic E-state index is 0.477. The van der Waals surface area contributed by atoms with Crippen molar-refractivity contribution < 1.29 is 4.74 Å². The number of nitrogens with one attached hydrogen (secondary N) is 1. The van der Waals surface area contributed by atoms with Gasteiger partial charge in [-0.2, -0.15) is 0 Å². The fraction of sp³-hybridized carbons (Fsp3) is 0.533. The van der Waals surface area contributed by atoms with E-state index in [1.807, 2.05) is 24.3 Å². The minimum atomic E-state index is 0.477. The third-order valence-electron chi connectivity index (χ3n) is 2.50. The number of aromatic nitrogens is 1. The zero-order valence-corrected chi connectivity index (χ0v) is 11.5. The molecule has 3 heteroatoms. The van der Waals surface area contributed by atoms with Crippen LogP contribution in [0.15, 0.2) is 30.9 Å². The van der Waals surface area contributed by atoms with Crippen molar-refractivity contribution in [3.05, 3.63) is 42.2 Å². The van der Waals surface area contributed by atoms with Crippen LogP contribution in [0.2, 0.25) is 0 Å². The molecule has 0 bridgehead atoms. The largest absolute Gasteiger partial charge is 0.375 e. The lowest BCUT2D eigenvalue weighted by molar-refractivity contribution is 0.116. The van der Waals surface area contributed by atoms with Gasteiger partial charge < -0.3 is 10.1 Å². The Balaban J connectivity index is 2.32. The highest BCUT2D eigenvalue weighted by Gasteiger charge is 1.99. The van der Waals surface area contributed by atoms with E-state index in [2.05, 4.69) is 30.7 Å². The molecular formula is C15H24N2O. The van der Waals surface area contributed by atoms with Crippen molar-refractivity contribution in [2.75, 3.05) is 6.61 Å². The highest BCUT2D eigenvalue weighted by atomic mass is 16.5. The Hall–Kier alpha value is -1.19. The second kappa shape index (κ2) is 8.84. The van der Waals surface area contributed by atoms with Gasteiger partial charge in [-0.1, -0.05) is 26.0 Å². The van der Waals surface area contributed by atoms with E-state index < -0.39 is 0 Å². The summed E-state index contributed by atoms with van der Waals surface area (Å²) in [6.07, 6.45) is 3.95. The molecule has 1 aromatic rings. The van der Waals surface area contributed by atoms with Gasteiger partial charge in [0.05, 0.1) is 18.0 Å². The molecule has 0 unspecified atom stereocenters. The summed E-state index contributed by atoms with van der Waals surface area (Å²) in [5.74, 6) is 0. The lowest BCUT2D eigenvalue weighted by Crippen LogP contribution is -2.22. The van der Waals surface area contributed by atoms with Crippen molar-refractivity contribution in [3.8, 4) is 0 Å². The quantitative estimate of drug-likeness (QED) is 0.539. The van der Waals surface area contributed by atoms with Crippen LogP contribution in [-0.4, -0.2) is 17.6 Å². The molecule has 0 atom stereocenters. The van der Waals surface area contributed by atoms with Gasteiger partial charge in [-0.25, -0.2) is 0 Å². The van der Waals surface area contributed by atoms with Crippen molar-refractivity contribution in [2.45, 2.75) is 45.9 Å². The van der Waals surface area contributed by atoms with Crippen LogP contribution in [0.25, 0.3) is 0 Å². The van der Waals surface area contributed by atoms with Crippen LogP contribution in [0.4, 0.5) is 0 Å². The summed E-state index contributed by atoms with van der Waals surface area (Å²) in [5.41, 5.74) is 2.06. The van der Waals surface area contributed by atoms with Gasteiger partial charge in [-0.15, -0.1) is 6.58 Å². The molecule has 0 aliphatic rings. The average molecular weight is 248 g/mol. The molecule has 1 heterocycles. The first-order chi connectivity index (χ1) is 8.72. The summed E-state index contributed by atoms with van der Waals surface area (Å²) in [6.45, 7) is 10.1. The predicted molar refractivity (Wildman–Crippen MR) is 75.3 cm³/mol. The van der Waals surface area contributed by atoms with Crippen molar-refractivity contribution in [1.29, 1.82) is 0 Å². The molecular weight excluding hydrogens is 224 g/mol. The molecule has 100 valence electrons. The van der Waals surface area contributed by atoms with E-state index in [0.717, 1.165) is 37.4 Å². The van der Waals surface area contributed by atoms with Gasteiger partial charge in [0, 0.05) is 19.2 Å². The fourth-order valence-corrected chi connectivity index (χ4v) is 1.52. The number of rotatable bonds is 9. The second-order valence-corrected chi connectivity index (χ2v) is 4.64. The van der Waals surface area contributed by atoms with Gasteiger partial charge in [-0.3, -0.25) is 4.98 Å². The van der Waals surface area contributed by atoms with Crippen molar-refractivity contribution in [1.82, 2.24) is 10.3 Å². The number of nitrogens with zero attached hydrogens (tertiary/aromatic N) is 1. The first-order valence-corrected chi connectivity index (χ1v) is 6.59. The van der Waals surface area contributed by atoms with Crippen molar-refractivity contribution >= 4 is 0 Å². The van der Waals surface area contributed by atoms with Gasteiger partial charge in [0.1, 0.15) is 0 Å². The van der Waals surface area contributed by atoms with E-state index in [9.17, 15) is 0 Å². The van der Waals surface area contributed by atoms with Gasteiger partial charge >= 0.3 is 0 Å². The summed E-state index contributed by atoms with van der Waals surface area (Å²) in [7, 11) is 0. The monoisotopic (exact) mass is 248 g/mol. The lowest BCUT2D eigenvalue weighted by Gasteiger charge is -2.09. The summed E-state index contributed by atoms with van der Waals surface area (Å²) < 4.78 is 5.57. The number of unbranched alkanes of at least 4 members (excludes halogenated alkanes) is 1. The molecule has 1 rings (SSSR count). The first-order valence-electron chi connectivity index (χ1n) is 6.59. The summed E-state index contributed by atoms with van der Waals surface area (Å²) in [4.78, 5) is 4.55. The Morgan fingerprint density at radius 3 is 2.89 bits per heavy atom. The number of allylic oxidation sites excluding steroid dienone is 1. The van der Waals surface area contributed by atoms with Crippen LogP contribution in [-0.2, 0) is 17.9 Å². The Morgan fingerprint density at radius 2 is 2.17 bits per heavy atom. The van der Waals surface area contributed by atoms with Crippen molar-refractivity contribution in [2.24, 2.45) is 0 Å². The topological polar surface area (TPSA) is 34.1 Å². The van der Waals surface area contributed by atoms with Gasteiger partial charge in [0.15, 0.2) is 0 Å². The number of hydrogen-bond donors (Lipinski definition) is 1. The molecule has 1 N–H and O–H groups in total. The average Bonchev–Trinajstić information content (AvgIpc) is 2.37. The third kappa shape index (κ3) is 6.52. The maximum atomic E-state index is 5.57. The fourth-order valence-electron chi connectivity index (χ4n) is 1.52. The number of hydrogen-bond acceptors (Lipinski definition) is 3. The van der Waals surface area contributed by atoms with E-state index in [4.69, 9.17) is 4.74 Å². The number of ether oxygens (including phenoxy) is 1. The molecule has 0 aromatic carbocycles. The molecule has 0 amide bonds. The molecule has 0 fully saturated rings. The maximum Gasteiger partial charge on any atom is 0.0887 e. The second-order valence-electron chi connectivity index (χ2n) is 4.64. The van der Waals surface area contributed by atoms with Gasteiger partial charge in [0.2, 0.25) is 0 Å². The van der Waals surface area contributed by atoms with Crippen LogP contribution < -0.4 is 5.32 Å². The zero-order valence-electron chi connectivity index (χ0n) is 11.5. The third-order valence-corrected chi connectivity index (χ3v) is 2.50. The molecule has 18 heavy (non-hydrogen) atoms. The molecule has 0 saturated carbocycles. The molecule has 0 radical (unpaired) electrons. The minimum Gasteiger partial charge on any atom is -0.375 e. The van der Waals surface area contributed by atoms with E-state index in [1.165, 1.54) is 0 Å². The SMILES string of the molecule is C=CCCCOCc1cccc(CNC(C)C)n1. The van der Waals surface area contributed by atoms with Gasteiger partial charge in [0.25, 0.3) is 0 Å². The van der Waals surface area contributed by atoms with E-state index in [1.54, 1.807) is 0 Å². The predicted octanol–water partition coefficient (Wildman–Crippen LogP) is 3.06.